The van der Waals surface area contributed by atoms with Crippen LogP contribution in [0.4, 0.5) is 0 Å². The van der Waals surface area contributed by atoms with Gasteiger partial charge < -0.3 is 14.9 Å². The Morgan fingerprint density at radius 2 is 2.08 bits per heavy atom. The van der Waals surface area contributed by atoms with Crippen molar-refractivity contribution < 1.29 is 19.1 Å². The Balaban J connectivity index is 2.60. The van der Waals surface area contributed by atoms with Crippen molar-refractivity contribution in [2.45, 2.75) is 33.8 Å². The average molecular weight is 331 g/mol. The molecule has 0 aliphatic heterocycles. The minimum Gasteiger partial charge on any atom is -0.481 e. The third-order valence-electron chi connectivity index (χ3n) is 3.26. The van der Waals surface area contributed by atoms with Crippen LogP contribution in [0.3, 0.4) is 0 Å². The van der Waals surface area contributed by atoms with Crippen LogP contribution in [0.1, 0.15) is 25.0 Å². The van der Waals surface area contributed by atoms with Crippen molar-refractivity contribution in [3.8, 4) is 11.8 Å². The van der Waals surface area contributed by atoms with Crippen LogP contribution in [-0.4, -0.2) is 24.6 Å². The second-order valence-corrected chi connectivity index (χ2v) is 4.98. The van der Waals surface area contributed by atoms with Gasteiger partial charge >= 0.3 is 5.97 Å². The Morgan fingerprint density at radius 1 is 1.38 bits per heavy atom. The third kappa shape index (κ3) is 5.32. The van der Waals surface area contributed by atoms with E-state index < -0.39 is 18.0 Å². The first kappa shape index (κ1) is 19.0. The maximum absolute atomic E-state index is 12.0. The number of hydrazine groups is 1. The maximum atomic E-state index is 12.0. The Hall–Kier alpha value is -3.01. The molecule has 0 spiro atoms. The van der Waals surface area contributed by atoms with E-state index in [-0.39, 0.29) is 12.2 Å². The van der Waals surface area contributed by atoms with E-state index >= 15 is 0 Å². The molecule has 1 atom stereocenters. The van der Waals surface area contributed by atoms with Gasteiger partial charge in [0.2, 0.25) is 0 Å². The summed E-state index contributed by atoms with van der Waals surface area (Å²) in [5.74, 6) is -0.591. The van der Waals surface area contributed by atoms with Crippen molar-refractivity contribution in [1.82, 2.24) is 10.9 Å². The number of rotatable bonds is 7. The Morgan fingerprint density at radius 3 is 2.71 bits per heavy atom. The quantitative estimate of drug-likeness (QED) is 0.341. The average Bonchev–Trinajstić information content (AvgIpc) is 2.55. The lowest BCUT2D eigenvalue weighted by Crippen LogP contribution is -2.42. The first-order valence-electron chi connectivity index (χ1n) is 7.46. The zero-order chi connectivity index (χ0) is 18.1. The first-order chi connectivity index (χ1) is 11.4. The van der Waals surface area contributed by atoms with Crippen LogP contribution >= 0.6 is 0 Å². The zero-order valence-corrected chi connectivity index (χ0v) is 14.2. The Kier molecular flexibility index (Phi) is 7.30. The van der Waals surface area contributed by atoms with E-state index in [4.69, 9.17) is 14.7 Å². The normalized spacial score (nSPS) is 11.9. The highest BCUT2D eigenvalue weighted by molar-refractivity contribution is 5.92. The molecule has 0 unspecified atom stereocenters. The molecule has 1 amide bonds. The standard InChI is InChI=1S/C17H21N3O4/c1-5-23-17(22)14(9-18)10-19-20-16(21)13(4)24-15-8-6-7-11(2)12(15)3/h6-8,10,13,19H,5H2,1-4H3,(H,20,21)/b14-10+/t13-/m0/s1. The van der Waals surface area contributed by atoms with Gasteiger partial charge in [-0.15, -0.1) is 0 Å². The van der Waals surface area contributed by atoms with Gasteiger partial charge in [0.1, 0.15) is 11.8 Å². The number of benzene rings is 1. The summed E-state index contributed by atoms with van der Waals surface area (Å²) in [5, 5.41) is 8.85. The predicted octanol–water partition coefficient (Wildman–Crippen LogP) is 1.66. The smallest absolute Gasteiger partial charge is 0.350 e. The van der Waals surface area contributed by atoms with Crippen LogP contribution in [0.15, 0.2) is 30.0 Å². The van der Waals surface area contributed by atoms with E-state index in [1.54, 1.807) is 26.0 Å². The second kappa shape index (κ2) is 9.20. The largest absolute Gasteiger partial charge is 0.481 e. The van der Waals surface area contributed by atoms with Gasteiger partial charge in [-0.25, -0.2) is 4.79 Å². The van der Waals surface area contributed by atoms with Crippen LogP contribution in [0.5, 0.6) is 5.75 Å². The van der Waals surface area contributed by atoms with Gasteiger partial charge in [-0.05, 0) is 44.9 Å². The van der Waals surface area contributed by atoms with E-state index in [1.807, 2.05) is 26.0 Å². The molecule has 0 heterocycles. The molecular weight excluding hydrogens is 310 g/mol. The predicted molar refractivity (Wildman–Crippen MR) is 87.6 cm³/mol. The van der Waals surface area contributed by atoms with Gasteiger partial charge in [-0.3, -0.25) is 10.2 Å². The number of nitriles is 1. The Labute approximate surface area is 141 Å². The number of ether oxygens (including phenoxy) is 2. The molecule has 1 aromatic carbocycles. The molecule has 7 nitrogen and oxygen atoms in total. The summed E-state index contributed by atoms with van der Waals surface area (Å²) in [4.78, 5) is 23.4. The fourth-order valence-electron chi connectivity index (χ4n) is 1.72. The monoisotopic (exact) mass is 331 g/mol. The number of hydrogen-bond donors (Lipinski definition) is 2. The topological polar surface area (TPSA) is 100 Å². The van der Waals surface area contributed by atoms with Crippen molar-refractivity contribution >= 4 is 11.9 Å². The molecule has 1 aromatic rings. The molecule has 0 aliphatic carbocycles. The van der Waals surface area contributed by atoms with Crippen LogP contribution in [0.25, 0.3) is 0 Å². The maximum Gasteiger partial charge on any atom is 0.350 e. The molecular formula is C17H21N3O4. The van der Waals surface area contributed by atoms with Crippen molar-refractivity contribution in [1.29, 1.82) is 5.26 Å². The first-order valence-corrected chi connectivity index (χ1v) is 7.46. The van der Waals surface area contributed by atoms with Crippen molar-refractivity contribution in [2.75, 3.05) is 6.61 Å². The minimum atomic E-state index is -0.764. The van der Waals surface area contributed by atoms with Crippen molar-refractivity contribution in [3.05, 3.63) is 41.1 Å². The molecule has 0 radical (unpaired) electrons. The van der Waals surface area contributed by atoms with E-state index in [9.17, 15) is 9.59 Å². The summed E-state index contributed by atoms with van der Waals surface area (Å²) < 4.78 is 10.3. The van der Waals surface area contributed by atoms with Gasteiger partial charge in [-0.1, -0.05) is 12.1 Å². The van der Waals surface area contributed by atoms with Crippen LogP contribution in [0.2, 0.25) is 0 Å². The molecule has 0 fully saturated rings. The summed E-state index contributed by atoms with van der Waals surface area (Å²) in [5.41, 5.74) is 6.52. The molecule has 24 heavy (non-hydrogen) atoms. The van der Waals surface area contributed by atoms with Gasteiger partial charge in [0.05, 0.1) is 6.61 Å². The lowest BCUT2D eigenvalue weighted by molar-refractivity contribution is -0.138. The summed E-state index contributed by atoms with van der Waals surface area (Å²) >= 11 is 0. The van der Waals surface area contributed by atoms with Gasteiger partial charge in [0.15, 0.2) is 11.7 Å². The van der Waals surface area contributed by atoms with E-state index in [0.29, 0.717) is 5.75 Å². The van der Waals surface area contributed by atoms with E-state index in [2.05, 4.69) is 10.9 Å². The number of carbonyl (C=O) groups excluding carboxylic acids is 2. The second-order valence-electron chi connectivity index (χ2n) is 4.98. The number of esters is 1. The number of carbonyl (C=O) groups is 2. The fourth-order valence-corrected chi connectivity index (χ4v) is 1.72. The Bertz CT molecular complexity index is 677. The molecule has 1 rings (SSSR count). The number of hydrogen-bond acceptors (Lipinski definition) is 6. The van der Waals surface area contributed by atoms with Gasteiger partial charge in [0, 0.05) is 6.20 Å². The van der Waals surface area contributed by atoms with Gasteiger partial charge in [-0.2, -0.15) is 5.26 Å². The number of aryl methyl sites for hydroxylation is 1. The molecule has 128 valence electrons. The lowest BCUT2D eigenvalue weighted by atomic mass is 10.1. The van der Waals surface area contributed by atoms with Crippen molar-refractivity contribution in [2.24, 2.45) is 0 Å². The van der Waals surface area contributed by atoms with Crippen LogP contribution < -0.4 is 15.6 Å². The number of nitrogens with zero attached hydrogens (tertiary/aromatic N) is 1. The van der Waals surface area contributed by atoms with E-state index in [0.717, 1.165) is 17.3 Å². The molecule has 0 aliphatic rings. The molecule has 0 aromatic heterocycles. The molecule has 2 N–H and O–H groups in total. The minimum absolute atomic E-state index is 0.158. The number of amides is 1. The molecule has 0 bridgehead atoms. The highest BCUT2D eigenvalue weighted by atomic mass is 16.5. The summed E-state index contributed by atoms with van der Waals surface area (Å²) in [6, 6.07) is 7.28. The van der Waals surface area contributed by atoms with Gasteiger partial charge in [0.25, 0.3) is 5.91 Å². The highest BCUT2D eigenvalue weighted by Gasteiger charge is 2.16. The summed E-state index contributed by atoms with van der Waals surface area (Å²) in [6.07, 6.45) is 0.306. The number of nitrogens with one attached hydrogen (secondary N) is 2. The van der Waals surface area contributed by atoms with E-state index in [1.165, 1.54) is 0 Å². The zero-order valence-electron chi connectivity index (χ0n) is 14.2. The van der Waals surface area contributed by atoms with Crippen LogP contribution in [-0.2, 0) is 14.3 Å². The fraction of sp³-hybridized carbons (Fsp3) is 0.353. The molecule has 0 saturated heterocycles. The van der Waals surface area contributed by atoms with Crippen LogP contribution in [0, 0.1) is 25.2 Å². The lowest BCUT2D eigenvalue weighted by Gasteiger charge is -2.17. The SMILES string of the molecule is CCOC(=O)/C(C#N)=C/NNC(=O)[C@H](C)Oc1cccc(C)c1C. The molecule has 0 saturated carbocycles. The third-order valence-corrected chi connectivity index (χ3v) is 3.26. The molecule has 7 heteroatoms. The summed E-state index contributed by atoms with van der Waals surface area (Å²) in [6.45, 7) is 7.26. The summed E-state index contributed by atoms with van der Waals surface area (Å²) in [7, 11) is 0. The highest BCUT2D eigenvalue weighted by Crippen LogP contribution is 2.21. The van der Waals surface area contributed by atoms with Crippen molar-refractivity contribution in [3.63, 3.8) is 0 Å².